The van der Waals surface area contributed by atoms with E-state index in [2.05, 4.69) is 15.2 Å². The summed E-state index contributed by atoms with van der Waals surface area (Å²) in [6.45, 7) is 7.51. The van der Waals surface area contributed by atoms with E-state index in [0.717, 1.165) is 64.4 Å². The summed E-state index contributed by atoms with van der Waals surface area (Å²) in [7, 11) is 0. The normalized spacial score (nSPS) is 23.7. The van der Waals surface area contributed by atoms with Crippen molar-refractivity contribution in [2.75, 3.05) is 32.8 Å². The molecule has 0 radical (unpaired) electrons. The Morgan fingerprint density at radius 2 is 2.19 bits per heavy atom. The molecule has 7 nitrogen and oxygen atoms in total. The number of hydrogen-bond donors (Lipinski definition) is 0. The van der Waals surface area contributed by atoms with E-state index in [4.69, 9.17) is 4.74 Å². The Hall–Kier alpha value is -1.47. The summed E-state index contributed by atoms with van der Waals surface area (Å²) in [4.78, 5) is 15.5. The summed E-state index contributed by atoms with van der Waals surface area (Å²) in [6.07, 6.45) is 4.56. The van der Waals surface area contributed by atoms with Gasteiger partial charge in [0, 0.05) is 52.5 Å². The third-order valence-corrected chi connectivity index (χ3v) is 4.20. The average molecular weight is 293 g/mol. The van der Waals surface area contributed by atoms with Crippen LogP contribution < -0.4 is 0 Å². The first-order valence-electron chi connectivity index (χ1n) is 7.69. The quantitative estimate of drug-likeness (QED) is 0.789. The lowest BCUT2D eigenvalue weighted by molar-refractivity contribution is -0.130. The monoisotopic (exact) mass is 293 g/mol. The van der Waals surface area contributed by atoms with Crippen LogP contribution in [0.4, 0.5) is 0 Å². The highest BCUT2D eigenvalue weighted by Crippen LogP contribution is 2.14. The molecule has 116 valence electrons. The van der Waals surface area contributed by atoms with E-state index in [1.807, 2.05) is 15.8 Å². The molecule has 0 N–H and O–H groups in total. The number of aromatic nitrogens is 3. The van der Waals surface area contributed by atoms with Crippen molar-refractivity contribution in [3.63, 3.8) is 0 Å². The Morgan fingerprint density at radius 1 is 1.38 bits per heavy atom. The lowest BCUT2D eigenvalue weighted by atomic mass is 10.2. The van der Waals surface area contributed by atoms with Gasteiger partial charge in [0.2, 0.25) is 5.91 Å². The molecule has 0 aromatic carbocycles. The van der Waals surface area contributed by atoms with Crippen molar-refractivity contribution in [2.45, 2.75) is 39.0 Å². The summed E-state index contributed by atoms with van der Waals surface area (Å²) < 4.78 is 7.50. The number of rotatable bonds is 4. The molecule has 1 aromatic heterocycles. The Labute approximate surface area is 124 Å². The van der Waals surface area contributed by atoms with Gasteiger partial charge in [-0.15, -0.1) is 5.10 Å². The first-order valence-corrected chi connectivity index (χ1v) is 7.69. The van der Waals surface area contributed by atoms with Crippen LogP contribution in [0.2, 0.25) is 0 Å². The summed E-state index contributed by atoms with van der Waals surface area (Å²) in [5, 5.41) is 8.43. The van der Waals surface area contributed by atoms with Crippen LogP contribution in [0.5, 0.6) is 0 Å². The molecule has 2 aliphatic heterocycles. The molecule has 1 unspecified atom stereocenters. The van der Waals surface area contributed by atoms with E-state index in [9.17, 15) is 4.79 Å². The smallest absolute Gasteiger partial charge is 0.219 e. The van der Waals surface area contributed by atoms with Crippen LogP contribution in [-0.2, 0) is 22.6 Å². The molecule has 0 aliphatic carbocycles. The van der Waals surface area contributed by atoms with Crippen LogP contribution in [0.1, 0.15) is 25.5 Å². The number of piperazine rings is 1. The summed E-state index contributed by atoms with van der Waals surface area (Å²) >= 11 is 0. The van der Waals surface area contributed by atoms with Crippen molar-refractivity contribution in [1.82, 2.24) is 24.8 Å². The van der Waals surface area contributed by atoms with Crippen molar-refractivity contribution in [1.29, 1.82) is 0 Å². The lowest BCUT2D eigenvalue weighted by Gasteiger charge is -2.33. The van der Waals surface area contributed by atoms with Crippen LogP contribution in [0.15, 0.2) is 6.20 Å². The van der Waals surface area contributed by atoms with E-state index >= 15 is 0 Å². The van der Waals surface area contributed by atoms with E-state index < -0.39 is 0 Å². The number of ether oxygens (including phenoxy) is 1. The molecule has 0 saturated carbocycles. The number of carbonyl (C=O) groups excluding carboxylic acids is 1. The first-order chi connectivity index (χ1) is 10.2. The third kappa shape index (κ3) is 3.79. The minimum atomic E-state index is 0.164. The summed E-state index contributed by atoms with van der Waals surface area (Å²) in [5.74, 6) is 0.164. The Bertz CT molecular complexity index is 475. The maximum Gasteiger partial charge on any atom is 0.219 e. The highest BCUT2D eigenvalue weighted by atomic mass is 16.5. The molecule has 3 heterocycles. The minimum Gasteiger partial charge on any atom is -0.376 e. The minimum absolute atomic E-state index is 0.164. The molecule has 2 aliphatic rings. The second-order valence-corrected chi connectivity index (χ2v) is 5.85. The van der Waals surface area contributed by atoms with Gasteiger partial charge in [-0.1, -0.05) is 5.21 Å². The molecule has 0 spiro atoms. The van der Waals surface area contributed by atoms with E-state index in [1.54, 1.807) is 6.92 Å². The topological polar surface area (TPSA) is 63.5 Å². The second kappa shape index (κ2) is 6.53. The number of carbonyl (C=O) groups is 1. The molecular weight excluding hydrogens is 270 g/mol. The molecule has 0 bridgehead atoms. The van der Waals surface area contributed by atoms with Gasteiger partial charge in [-0.25, -0.2) is 4.68 Å². The fourth-order valence-corrected chi connectivity index (χ4v) is 2.95. The van der Waals surface area contributed by atoms with Gasteiger partial charge in [0.1, 0.15) is 0 Å². The van der Waals surface area contributed by atoms with E-state index in [1.165, 1.54) is 0 Å². The standard InChI is InChI=1S/C14H23N5O2/c1-12(20)18-6-4-17(5-7-18)9-13-10-19(16-15-13)11-14-3-2-8-21-14/h10,14H,2-9,11H2,1H3. The highest BCUT2D eigenvalue weighted by Gasteiger charge is 2.20. The molecular formula is C14H23N5O2. The van der Waals surface area contributed by atoms with Gasteiger partial charge in [0.25, 0.3) is 0 Å². The first kappa shape index (κ1) is 14.5. The van der Waals surface area contributed by atoms with E-state index in [0.29, 0.717) is 6.10 Å². The Kier molecular flexibility index (Phi) is 4.50. The van der Waals surface area contributed by atoms with E-state index in [-0.39, 0.29) is 5.91 Å². The number of hydrogen-bond acceptors (Lipinski definition) is 5. The van der Waals surface area contributed by atoms with Crippen molar-refractivity contribution >= 4 is 5.91 Å². The predicted octanol–water partition coefficient (Wildman–Crippen LogP) is 0.121. The maximum absolute atomic E-state index is 11.3. The van der Waals surface area contributed by atoms with Crippen molar-refractivity contribution in [3.8, 4) is 0 Å². The zero-order valence-electron chi connectivity index (χ0n) is 12.6. The van der Waals surface area contributed by atoms with Crippen molar-refractivity contribution in [2.24, 2.45) is 0 Å². The maximum atomic E-state index is 11.3. The van der Waals surface area contributed by atoms with Gasteiger partial charge in [0.05, 0.1) is 18.3 Å². The van der Waals surface area contributed by atoms with Crippen LogP contribution in [-0.4, -0.2) is 69.6 Å². The summed E-state index contributed by atoms with van der Waals surface area (Å²) in [6, 6.07) is 0. The fourth-order valence-electron chi connectivity index (χ4n) is 2.95. The van der Waals surface area contributed by atoms with Crippen molar-refractivity contribution < 1.29 is 9.53 Å². The molecule has 1 aromatic rings. The van der Waals surface area contributed by atoms with Crippen LogP contribution in [0.25, 0.3) is 0 Å². The SMILES string of the molecule is CC(=O)N1CCN(Cc2cn(CC3CCCO3)nn2)CC1. The number of nitrogens with zero attached hydrogens (tertiary/aromatic N) is 5. The highest BCUT2D eigenvalue weighted by molar-refractivity contribution is 5.73. The molecule has 1 amide bonds. The molecule has 2 fully saturated rings. The molecule has 3 rings (SSSR count). The van der Waals surface area contributed by atoms with Gasteiger partial charge < -0.3 is 9.64 Å². The zero-order valence-corrected chi connectivity index (χ0v) is 12.6. The van der Waals surface area contributed by atoms with Crippen LogP contribution >= 0.6 is 0 Å². The van der Waals surface area contributed by atoms with Crippen LogP contribution in [0.3, 0.4) is 0 Å². The molecule has 2 saturated heterocycles. The largest absolute Gasteiger partial charge is 0.376 e. The third-order valence-electron chi connectivity index (χ3n) is 4.20. The average Bonchev–Trinajstić information content (AvgIpc) is 3.12. The molecule has 21 heavy (non-hydrogen) atoms. The molecule has 7 heteroatoms. The van der Waals surface area contributed by atoms with Crippen molar-refractivity contribution in [3.05, 3.63) is 11.9 Å². The Morgan fingerprint density at radius 3 is 2.86 bits per heavy atom. The lowest BCUT2D eigenvalue weighted by Crippen LogP contribution is -2.47. The van der Waals surface area contributed by atoms with Gasteiger partial charge in [-0.05, 0) is 12.8 Å². The summed E-state index contributed by atoms with van der Waals surface area (Å²) in [5.41, 5.74) is 0.990. The van der Waals surface area contributed by atoms with Gasteiger partial charge in [-0.2, -0.15) is 0 Å². The van der Waals surface area contributed by atoms with Gasteiger partial charge in [0.15, 0.2) is 0 Å². The van der Waals surface area contributed by atoms with Gasteiger partial charge in [-0.3, -0.25) is 9.69 Å². The zero-order chi connectivity index (χ0) is 14.7. The van der Waals surface area contributed by atoms with Crippen LogP contribution in [0, 0.1) is 0 Å². The second-order valence-electron chi connectivity index (χ2n) is 5.85. The fraction of sp³-hybridized carbons (Fsp3) is 0.786. The Balaban J connectivity index is 1.47. The predicted molar refractivity (Wildman–Crippen MR) is 76.5 cm³/mol. The van der Waals surface area contributed by atoms with Gasteiger partial charge >= 0.3 is 0 Å². The number of amides is 1. The molecule has 1 atom stereocenters.